The summed E-state index contributed by atoms with van der Waals surface area (Å²) in [4.78, 5) is 39.0. The standard InChI is InChI=1S/C27H18O9/c28-18-8-6-14(10-20(18)30)22-17(12-16(24(33)26(22)35)13-4-2-1-3-5-13)25(34)27(36)23(32)15-7-9-19(29)21(31)11-15/h1-12,28-31,33,35H. The number of carbonyl (C=O) groups excluding carboxylic acids is 3. The number of hydrogen-bond acceptors (Lipinski definition) is 9. The van der Waals surface area contributed by atoms with Gasteiger partial charge in [-0.15, -0.1) is 0 Å². The number of Topliss-reactive ketones (excluding diaryl/α,β-unsaturated/α-hetero) is 3. The Morgan fingerprint density at radius 3 is 1.75 bits per heavy atom. The minimum absolute atomic E-state index is 0.00859. The normalized spacial score (nSPS) is 10.7. The van der Waals surface area contributed by atoms with E-state index < -0.39 is 57.4 Å². The van der Waals surface area contributed by atoms with Crippen molar-refractivity contribution in [3.63, 3.8) is 0 Å². The van der Waals surface area contributed by atoms with Crippen LogP contribution >= 0.6 is 0 Å². The molecule has 0 bridgehead atoms. The van der Waals surface area contributed by atoms with Crippen LogP contribution in [0.5, 0.6) is 34.5 Å². The summed E-state index contributed by atoms with van der Waals surface area (Å²) in [6.07, 6.45) is 0. The molecule has 180 valence electrons. The largest absolute Gasteiger partial charge is 0.504 e. The first-order valence-electron chi connectivity index (χ1n) is 10.4. The Hall–Kier alpha value is -5.31. The molecule has 0 unspecified atom stereocenters. The summed E-state index contributed by atoms with van der Waals surface area (Å²) in [7, 11) is 0. The first-order chi connectivity index (χ1) is 17.1. The molecule has 0 aliphatic carbocycles. The van der Waals surface area contributed by atoms with Gasteiger partial charge in [-0.2, -0.15) is 0 Å². The van der Waals surface area contributed by atoms with E-state index in [9.17, 15) is 45.0 Å². The van der Waals surface area contributed by atoms with Gasteiger partial charge in [-0.05, 0) is 47.5 Å². The Balaban J connectivity index is 1.91. The second-order valence-electron chi connectivity index (χ2n) is 7.80. The predicted octanol–water partition coefficient (Wildman–Crippen LogP) is 3.89. The van der Waals surface area contributed by atoms with E-state index in [4.69, 9.17) is 0 Å². The Morgan fingerprint density at radius 1 is 0.528 bits per heavy atom. The second-order valence-corrected chi connectivity index (χ2v) is 7.80. The van der Waals surface area contributed by atoms with Crippen molar-refractivity contribution in [2.45, 2.75) is 0 Å². The topological polar surface area (TPSA) is 173 Å². The molecule has 0 radical (unpaired) electrons. The highest BCUT2D eigenvalue weighted by molar-refractivity contribution is 6.70. The second kappa shape index (κ2) is 9.15. The van der Waals surface area contributed by atoms with Gasteiger partial charge < -0.3 is 30.6 Å². The Labute approximate surface area is 203 Å². The first kappa shape index (κ1) is 23.8. The van der Waals surface area contributed by atoms with Gasteiger partial charge in [0.15, 0.2) is 34.5 Å². The molecule has 9 heteroatoms. The van der Waals surface area contributed by atoms with E-state index in [0.717, 1.165) is 36.4 Å². The summed E-state index contributed by atoms with van der Waals surface area (Å²) in [5, 5.41) is 60.3. The van der Waals surface area contributed by atoms with Crippen LogP contribution in [0.15, 0.2) is 72.8 Å². The van der Waals surface area contributed by atoms with Crippen LogP contribution in [-0.2, 0) is 4.79 Å². The molecule has 9 nitrogen and oxygen atoms in total. The molecule has 0 saturated heterocycles. The number of hydrogen-bond donors (Lipinski definition) is 6. The van der Waals surface area contributed by atoms with Crippen LogP contribution in [0, 0.1) is 0 Å². The highest BCUT2D eigenvalue weighted by Crippen LogP contribution is 2.47. The lowest BCUT2D eigenvalue weighted by Crippen LogP contribution is -2.25. The van der Waals surface area contributed by atoms with Gasteiger partial charge in [-0.25, -0.2) is 0 Å². The van der Waals surface area contributed by atoms with Gasteiger partial charge in [-0.1, -0.05) is 36.4 Å². The van der Waals surface area contributed by atoms with Crippen LogP contribution in [0.1, 0.15) is 20.7 Å². The molecule has 0 aromatic heterocycles. The summed E-state index contributed by atoms with van der Waals surface area (Å²) in [6.45, 7) is 0. The summed E-state index contributed by atoms with van der Waals surface area (Å²) in [6, 6.07) is 15.5. The number of phenols is 6. The summed E-state index contributed by atoms with van der Waals surface area (Å²) >= 11 is 0. The Kier molecular flexibility index (Phi) is 6.06. The fourth-order valence-corrected chi connectivity index (χ4v) is 3.67. The zero-order valence-corrected chi connectivity index (χ0v) is 18.3. The molecule has 36 heavy (non-hydrogen) atoms. The molecular weight excluding hydrogens is 468 g/mol. The highest BCUT2D eigenvalue weighted by Gasteiger charge is 2.31. The molecule has 0 aliphatic heterocycles. The van der Waals surface area contributed by atoms with Gasteiger partial charge in [0.1, 0.15) is 0 Å². The zero-order valence-electron chi connectivity index (χ0n) is 18.3. The smallest absolute Gasteiger partial charge is 0.273 e. The zero-order chi connectivity index (χ0) is 26.1. The average Bonchev–Trinajstić information content (AvgIpc) is 2.88. The fourth-order valence-electron chi connectivity index (χ4n) is 3.67. The lowest BCUT2D eigenvalue weighted by molar-refractivity contribution is -0.111. The number of benzene rings is 4. The Morgan fingerprint density at radius 2 is 1.14 bits per heavy atom. The van der Waals surface area contributed by atoms with Crippen LogP contribution in [0.3, 0.4) is 0 Å². The predicted molar refractivity (Wildman–Crippen MR) is 127 cm³/mol. The maximum atomic E-state index is 13.3. The third kappa shape index (κ3) is 4.16. The minimum Gasteiger partial charge on any atom is -0.504 e. The van der Waals surface area contributed by atoms with E-state index in [1.165, 1.54) is 6.07 Å². The van der Waals surface area contributed by atoms with Crippen LogP contribution < -0.4 is 0 Å². The monoisotopic (exact) mass is 486 g/mol. The molecule has 0 amide bonds. The summed E-state index contributed by atoms with van der Waals surface area (Å²) < 4.78 is 0. The molecule has 0 aliphatic rings. The third-order valence-electron chi connectivity index (χ3n) is 5.52. The first-order valence-corrected chi connectivity index (χ1v) is 10.4. The molecule has 4 aromatic rings. The van der Waals surface area contributed by atoms with E-state index in [1.54, 1.807) is 30.3 Å². The van der Waals surface area contributed by atoms with Crippen molar-refractivity contribution in [1.29, 1.82) is 0 Å². The van der Waals surface area contributed by atoms with Crippen molar-refractivity contribution in [2.24, 2.45) is 0 Å². The van der Waals surface area contributed by atoms with Crippen molar-refractivity contribution in [2.75, 3.05) is 0 Å². The number of carbonyl (C=O) groups is 3. The number of phenolic OH excluding ortho intramolecular Hbond substituents is 6. The van der Waals surface area contributed by atoms with Gasteiger partial charge in [-0.3, -0.25) is 14.4 Å². The van der Waals surface area contributed by atoms with Gasteiger partial charge in [0.25, 0.3) is 5.78 Å². The van der Waals surface area contributed by atoms with Gasteiger partial charge >= 0.3 is 0 Å². The number of rotatable bonds is 6. The molecular formula is C27H18O9. The third-order valence-corrected chi connectivity index (χ3v) is 5.52. The van der Waals surface area contributed by atoms with Gasteiger partial charge in [0.05, 0.1) is 0 Å². The van der Waals surface area contributed by atoms with Crippen molar-refractivity contribution >= 4 is 17.3 Å². The number of aromatic hydroxyl groups is 6. The van der Waals surface area contributed by atoms with Crippen molar-refractivity contribution < 1.29 is 45.0 Å². The van der Waals surface area contributed by atoms with E-state index in [1.807, 2.05) is 0 Å². The van der Waals surface area contributed by atoms with E-state index in [-0.39, 0.29) is 22.3 Å². The highest BCUT2D eigenvalue weighted by atomic mass is 16.3. The molecule has 0 fully saturated rings. The lowest BCUT2D eigenvalue weighted by Gasteiger charge is -2.16. The lowest BCUT2D eigenvalue weighted by atomic mass is 9.88. The minimum atomic E-state index is -1.52. The number of ketones is 3. The van der Waals surface area contributed by atoms with Crippen molar-refractivity contribution in [3.05, 3.63) is 83.9 Å². The van der Waals surface area contributed by atoms with E-state index in [2.05, 4.69) is 0 Å². The molecule has 0 saturated carbocycles. The average molecular weight is 486 g/mol. The van der Waals surface area contributed by atoms with Crippen molar-refractivity contribution in [1.82, 2.24) is 0 Å². The van der Waals surface area contributed by atoms with Crippen LogP contribution in [0.25, 0.3) is 22.3 Å². The van der Waals surface area contributed by atoms with E-state index >= 15 is 0 Å². The van der Waals surface area contributed by atoms with Gasteiger partial charge in [0, 0.05) is 22.3 Å². The molecule has 0 spiro atoms. The Bertz CT molecular complexity index is 1540. The maximum Gasteiger partial charge on any atom is 0.273 e. The summed E-state index contributed by atoms with van der Waals surface area (Å²) in [5.41, 5.74) is -0.840. The van der Waals surface area contributed by atoms with Crippen molar-refractivity contribution in [3.8, 4) is 56.8 Å². The molecule has 0 heterocycles. The fraction of sp³-hybridized carbons (Fsp3) is 0. The quantitative estimate of drug-likeness (QED) is 0.102. The maximum absolute atomic E-state index is 13.3. The van der Waals surface area contributed by atoms with Crippen LogP contribution in [0.4, 0.5) is 0 Å². The van der Waals surface area contributed by atoms with Crippen LogP contribution in [0.2, 0.25) is 0 Å². The molecule has 4 rings (SSSR count). The van der Waals surface area contributed by atoms with E-state index in [0.29, 0.717) is 5.56 Å². The molecule has 0 atom stereocenters. The SMILES string of the molecule is O=C(C(=O)c1ccc(O)c(O)c1)C(=O)c1cc(-c2ccccc2)c(O)c(O)c1-c1ccc(O)c(O)c1. The van der Waals surface area contributed by atoms with Crippen LogP contribution in [-0.4, -0.2) is 48.0 Å². The summed E-state index contributed by atoms with van der Waals surface area (Å²) in [5.74, 6) is -7.87. The van der Waals surface area contributed by atoms with Gasteiger partial charge in [0.2, 0.25) is 11.6 Å². The molecule has 4 aromatic carbocycles. The molecule has 6 N–H and O–H groups in total.